The van der Waals surface area contributed by atoms with Gasteiger partial charge in [-0.25, -0.2) is 0 Å². The lowest BCUT2D eigenvalue weighted by molar-refractivity contribution is -0.137. The molecule has 1 aromatic carbocycles. The number of benzene rings is 1. The molecule has 2 unspecified atom stereocenters. The zero-order chi connectivity index (χ0) is 21.6. The van der Waals surface area contributed by atoms with Crippen molar-refractivity contribution in [1.82, 2.24) is 4.90 Å². The van der Waals surface area contributed by atoms with Crippen LogP contribution in [0.15, 0.2) is 23.4 Å². The van der Waals surface area contributed by atoms with Crippen molar-refractivity contribution in [1.29, 1.82) is 0 Å². The molecule has 2 aliphatic rings. The molecule has 1 saturated heterocycles. The van der Waals surface area contributed by atoms with Gasteiger partial charge < -0.3 is 25.4 Å². The fourth-order valence-corrected chi connectivity index (χ4v) is 5.33. The minimum absolute atomic E-state index is 0.0459. The van der Waals surface area contributed by atoms with E-state index in [0.29, 0.717) is 38.0 Å². The lowest BCUT2D eigenvalue weighted by atomic mass is 9.79. The van der Waals surface area contributed by atoms with Crippen LogP contribution in [0.25, 0.3) is 0 Å². The highest BCUT2D eigenvalue weighted by Gasteiger charge is 2.55. The van der Waals surface area contributed by atoms with Gasteiger partial charge in [0.15, 0.2) is 14.2 Å². The Morgan fingerprint density at radius 1 is 1.41 bits per heavy atom. The zero-order valence-corrected chi connectivity index (χ0v) is 19.0. The summed E-state index contributed by atoms with van der Waals surface area (Å²) in [6, 6.07) is 5.55. The maximum Gasteiger partial charge on any atom is 0.235 e. The van der Waals surface area contributed by atoms with Gasteiger partial charge in [0.2, 0.25) is 5.91 Å². The van der Waals surface area contributed by atoms with Gasteiger partial charge in [-0.3, -0.25) is 4.79 Å². The number of carbonyl (C=O) groups excluding carboxylic acids is 1. The third kappa shape index (κ3) is 3.58. The molecule has 0 aromatic heterocycles. The third-order valence-electron chi connectivity index (χ3n) is 7.04. The van der Waals surface area contributed by atoms with E-state index in [1.807, 2.05) is 12.1 Å². The number of aliphatic hydroxyl groups is 1. The van der Waals surface area contributed by atoms with E-state index in [-0.39, 0.29) is 16.8 Å². The van der Waals surface area contributed by atoms with Crippen molar-refractivity contribution in [3.05, 3.63) is 34.9 Å². The van der Waals surface area contributed by atoms with Gasteiger partial charge in [0.05, 0.1) is 12.0 Å². The van der Waals surface area contributed by atoms with E-state index in [2.05, 4.69) is 39.0 Å². The van der Waals surface area contributed by atoms with E-state index in [0.717, 1.165) is 11.1 Å². The molecule has 0 saturated carbocycles. The highest BCUT2D eigenvalue weighted by Crippen LogP contribution is 2.49. The van der Waals surface area contributed by atoms with E-state index in [1.54, 1.807) is 11.0 Å². The summed E-state index contributed by atoms with van der Waals surface area (Å²) in [6.45, 7) is 11.7. The van der Waals surface area contributed by atoms with E-state index >= 15 is 0 Å². The zero-order valence-electron chi connectivity index (χ0n) is 18.0. The number of fused-ring (bicyclic) bond motifs is 2. The van der Waals surface area contributed by atoms with Crippen molar-refractivity contribution in [3.63, 3.8) is 0 Å². The van der Waals surface area contributed by atoms with Crippen molar-refractivity contribution < 1.29 is 19.5 Å². The number of aliphatic hydroxyl groups excluding tert-OH is 1. The fraction of sp³-hybridized carbons (Fsp3) is 0.619. The molecular formula is C21H33N3O4Si. The van der Waals surface area contributed by atoms with Crippen molar-refractivity contribution in [2.24, 2.45) is 10.9 Å². The van der Waals surface area contributed by atoms with E-state index < -0.39 is 20.0 Å². The molecule has 0 radical (unpaired) electrons. The average molecular weight is 420 g/mol. The molecule has 1 heterocycles. The molecule has 1 fully saturated rings. The van der Waals surface area contributed by atoms with Crippen LogP contribution in [0.3, 0.4) is 0 Å². The first kappa shape index (κ1) is 21.8. The van der Waals surface area contributed by atoms with Gasteiger partial charge in [-0.15, -0.1) is 0 Å². The van der Waals surface area contributed by atoms with Crippen LogP contribution in [0.1, 0.15) is 50.3 Å². The normalized spacial score (nSPS) is 25.2. The number of carbonyl (C=O) groups is 1. The molecule has 160 valence electrons. The predicted octanol–water partition coefficient (Wildman–Crippen LogP) is 2.54. The van der Waals surface area contributed by atoms with E-state index in [4.69, 9.17) is 15.4 Å². The third-order valence-corrected chi connectivity index (χ3v) is 11.6. The molecule has 7 nitrogen and oxygen atoms in total. The Balaban J connectivity index is 1.80. The van der Waals surface area contributed by atoms with Gasteiger partial charge in [-0.1, -0.05) is 44.1 Å². The number of nitrogens with zero attached hydrogens (tertiary/aromatic N) is 2. The lowest BCUT2D eigenvalue weighted by Crippen LogP contribution is -2.45. The fourth-order valence-electron chi connectivity index (χ4n) is 4.29. The van der Waals surface area contributed by atoms with Crippen LogP contribution < -0.4 is 5.73 Å². The Kier molecular flexibility index (Phi) is 5.57. The standard InChI is InChI=1S/C21H33N3O4Si/c1-20(2,3)29(4,5)28-12-11-24-17(25)13-21(19(24)26)10-9-14-15(18(22)23-27)7-6-8-16(14)21/h6-8,17,25,27H,9-13H2,1-5H3,(H2,22,23). The summed E-state index contributed by atoms with van der Waals surface area (Å²) in [6.07, 6.45) is 0.810. The van der Waals surface area contributed by atoms with Gasteiger partial charge in [0.1, 0.15) is 6.23 Å². The van der Waals surface area contributed by atoms with Crippen LogP contribution in [0, 0.1) is 0 Å². The second-order valence-corrected chi connectivity index (χ2v) is 14.5. The number of nitrogens with two attached hydrogens (primary N) is 1. The number of likely N-dealkylation sites (tertiary alicyclic amines) is 1. The first-order valence-electron chi connectivity index (χ1n) is 10.2. The van der Waals surface area contributed by atoms with Crippen LogP contribution in [0.4, 0.5) is 0 Å². The summed E-state index contributed by atoms with van der Waals surface area (Å²) in [5.41, 5.74) is 7.57. The van der Waals surface area contributed by atoms with Crippen molar-refractivity contribution in [2.75, 3.05) is 13.2 Å². The lowest BCUT2D eigenvalue weighted by Gasteiger charge is -2.36. The highest BCUT2D eigenvalue weighted by atomic mass is 28.4. The predicted molar refractivity (Wildman–Crippen MR) is 114 cm³/mol. The molecule has 1 aliphatic carbocycles. The maximum atomic E-state index is 13.4. The SMILES string of the molecule is CC(C)(C)[Si](C)(C)OCCN1C(=O)C2(CCc3c(/C(N)=N/O)cccc32)CC1O. The molecule has 0 bridgehead atoms. The summed E-state index contributed by atoms with van der Waals surface area (Å²) in [7, 11) is -1.91. The van der Waals surface area contributed by atoms with Gasteiger partial charge in [0.25, 0.3) is 0 Å². The number of amidine groups is 1. The monoisotopic (exact) mass is 419 g/mol. The second-order valence-electron chi connectivity index (χ2n) is 9.69. The number of hydrogen-bond donors (Lipinski definition) is 3. The first-order valence-corrected chi connectivity index (χ1v) is 13.1. The molecular weight excluding hydrogens is 386 g/mol. The maximum absolute atomic E-state index is 13.4. The molecule has 4 N–H and O–H groups in total. The molecule has 29 heavy (non-hydrogen) atoms. The molecule has 2 atom stereocenters. The van der Waals surface area contributed by atoms with Gasteiger partial charge in [-0.05, 0) is 42.1 Å². The van der Waals surface area contributed by atoms with Gasteiger partial charge >= 0.3 is 0 Å². The molecule has 3 rings (SSSR count). The minimum Gasteiger partial charge on any atom is -0.415 e. The van der Waals surface area contributed by atoms with Crippen molar-refractivity contribution >= 4 is 20.1 Å². The van der Waals surface area contributed by atoms with Crippen LogP contribution in [0.2, 0.25) is 18.1 Å². The quantitative estimate of drug-likeness (QED) is 0.223. The summed E-state index contributed by atoms with van der Waals surface area (Å²) in [5.74, 6) is -0.0104. The Hall–Kier alpha value is -1.90. The number of hydrogen-bond acceptors (Lipinski definition) is 5. The molecule has 8 heteroatoms. The van der Waals surface area contributed by atoms with Crippen molar-refractivity contribution in [3.8, 4) is 0 Å². The van der Waals surface area contributed by atoms with Crippen molar-refractivity contribution in [2.45, 2.75) is 69.8 Å². The first-order chi connectivity index (χ1) is 13.4. The molecule has 1 aliphatic heterocycles. The van der Waals surface area contributed by atoms with Gasteiger partial charge in [-0.2, -0.15) is 0 Å². The van der Waals surface area contributed by atoms with E-state index in [1.165, 1.54) is 0 Å². The van der Waals surface area contributed by atoms with Crippen LogP contribution in [-0.4, -0.2) is 54.7 Å². The summed E-state index contributed by atoms with van der Waals surface area (Å²) in [5, 5.41) is 23.0. The smallest absolute Gasteiger partial charge is 0.235 e. The van der Waals surface area contributed by atoms with Crippen LogP contribution in [0.5, 0.6) is 0 Å². The number of oxime groups is 1. The Morgan fingerprint density at radius 2 is 2.10 bits per heavy atom. The second kappa shape index (κ2) is 7.41. The van der Waals surface area contributed by atoms with Gasteiger partial charge in [0, 0.05) is 18.5 Å². The highest BCUT2D eigenvalue weighted by molar-refractivity contribution is 6.74. The largest absolute Gasteiger partial charge is 0.415 e. The Bertz CT molecular complexity index is 834. The summed E-state index contributed by atoms with van der Waals surface area (Å²) >= 11 is 0. The van der Waals surface area contributed by atoms with E-state index in [9.17, 15) is 9.90 Å². The molecule has 1 amide bonds. The summed E-state index contributed by atoms with van der Waals surface area (Å²) < 4.78 is 6.21. The number of rotatable bonds is 5. The number of amides is 1. The average Bonchev–Trinajstić information content (AvgIpc) is 3.13. The van der Waals surface area contributed by atoms with Crippen LogP contribution in [-0.2, 0) is 21.1 Å². The van der Waals surface area contributed by atoms with Crippen LogP contribution >= 0.6 is 0 Å². The molecule has 1 spiro atoms. The minimum atomic E-state index is -1.91. The Morgan fingerprint density at radius 3 is 2.72 bits per heavy atom. The topological polar surface area (TPSA) is 108 Å². The summed E-state index contributed by atoms with van der Waals surface area (Å²) in [4.78, 5) is 15.0. The Labute approximate surface area is 173 Å². The molecule has 1 aromatic rings.